The Hall–Kier alpha value is -1.48. The molecule has 0 fully saturated rings. The second-order valence-electron chi connectivity index (χ2n) is 2.98. The Labute approximate surface area is 76.0 Å². The van der Waals surface area contributed by atoms with Gasteiger partial charge in [0, 0.05) is 6.54 Å². The van der Waals surface area contributed by atoms with Crippen molar-refractivity contribution in [2.75, 3.05) is 7.05 Å². The molecule has 0 saturated carbocycles. The maximum atomic E-state index is 9.58. The molecule has 3 nitrogen and oxygen atoms in total. The van der Waals surface area contributed by atoms with Crippen molar-refractivity contribution in [2.45, 2.75) is 6.54 Å². The predicted molar refractivity (Wildman–Crippen MR) is 50.6 cm³/mol. The number of nitrogens with one attached hydrogen (secondary N) is 1. The third kappa shape index (κ3) is 1.38. The maximum Gasteiger partial charge on any atom is 0.137 e. The third-order valence-electron chi connectivity index (χ3n) is 1.99. The molecular formula is C10H11NO2. The van der Waals surface area contributed by atoms with Crippen molar-refractivity contribution in [2.24, 2.45) is 0 Å². The van der Waals surface area contributed by atoms with Crippen LogP contribution < -0.4 is 5.32 Å². The second-order valence-corrected chi connectivity index (χ2v) is 2.98. The van der Waals surface area contributed by atoms with E-state index in [1.807, 2.05) is 13.1 Å². The number of hydrogen-bond donors (Lipinski definition) is 2. The summed E-state index contributed by atoms with van der Waals surface area (Å²) in [5.41, 5.74) is 1.74. The first-order valence-corrected chi connectivity index (χ1v) is 4.15. The second kappa shape index (κ2) is 3.11. The zero-order valence-corrected chi connectivity index (χ0v) is 7.37. The average Bonchev–Trinajstić information content (AvgIpc) is 2.53. The van der Waals surface area contributed by atoms with Crippen LogP contribution in [0, 0.1) is 0 Å². The third-order valence-corrected chi connectivity index (χ3v) is 1.99. The average molecular weight is 177 g/mol. The zero-order chi connectivity index (χ0) is 9.26. The van der Waals surface area contributed by atoms with E-state index >= 15 is 0 Å². The predicted octanol–water partition coefficient (Wildman–Crippen LogP) is 1.86. The summed E-state index contributed by atoms with van der Waals surface area (Å²) in [6, 6.07) is 5.42. The fourth-order valence-corrected chi connectivity index (χ4v) is 1.41. The SMILES string of the molecule is CNCc1cc(O)c2ccoc2c1. The molecule has 2 rings (SSSR count). The van der Waals surface area contributed by atoms with Crippen LogP contribution in [0.4, 0.5) is 0 Å². The van der Waals surface area contributed by atoms with Gasteiger partial charge in [0.05, 0.1) is 11.6 Å². The molecule has 68 valence electrons. The summed E-state index contributed by atoms with van der Waals surface area (Å²) in [4.78, 5) is 0. The fraction of sp³-hybridized carbons (Fsp3) is 0.200. The summed E-state index contributed by atoms with van der Waals surface area (Å²) in [6.07, 6.45) is 1.58. The van der Waals surface area contributed by atoms with Crippen molar-refractivity contribution in [3.63, 3.8) is 0 Å². The van der Waals surface area contributed by atoms with Crippen molar-refractivity contribution in [3.05, 3.63) is 30.0 Å². The van der Waals surface area contributed by atoms with Crippen molar-refractivity contribution in [3.8, 4) is 5.75 Å². The van der Waals surface area contributed by atoms with E-state index in [4.69, 9.17) is 4.42 Å². The lowest BCUT2D eigenvalue weighted by molar-refractivity contribution is 0.480. The van der Waals surface area contributed by atoms with Gasteiger partial charge in [0.2, 0.25) is 0 Å². The summed E-state index contributed by atoms with van der Waals surface area (Å²) in [5.74, 6) is 0.275. The molecule has 2 aromatic rings. The molecule has 1 aromatic heterocycles. The molecule has 1 aromatic carbocycles. The van der Waals surface area contributed by atoms with Crippen LogP contribution in [-0.4, -0.2) is 12.2 Å². The summed E-state index contributed by atoms with van der Waals surface area (Å²) >= 11 is 0. The first kappa shape index (κ1) is 8.13. The summed E-state index contributed by atoms with van der Waals surface area (Å²) in [6.45, 7) is 0.726. The Morgan fingerprint density at radius 2 is 2.31 bits per heavy atom. The van der Waals surface area contributed by atoms with Gasteiger partial charge in [-0.2, -0.15) is 0 Å². The maximum absolute atomic E-state index is 9.58. The molecule has 1 heterocycles. The summed E-state index contributed by atoms with van der Waals surface area (Å²) in [7, 11) is 1.86. The van der Waals surface area contributed by atoms with Crippen LogP contribution in [0.25, 0.3) is 11.0 Å². The van der Waals surface area contributed by atoms with Crippen molar-refractivity contribution < 1.29 is 9.52 Å². The molecule has 0 aliphatic heterocycles. The van der Waals surface area contributed by atoms with E-state index in [1.54, 1.807) is 18.4 Å². The number of aromatic hydroxyl groups is 1. The molecule has 0 unspecified atom stereocenters. The molecule has 0 amide bonds. The van der Waals surface area contributed by atoms with E-state index in [0.717, 1.165) is 23.1 Å². The van der Waals surface area contributed by atoms with Gasteiger partial charge in [0.1, 0.15) is 11.3 Å². The Morgan fingerprint density at radius 1 is 1.46 bits per heavy atom. The van der Waals surface area contributed by atoms with Crippen LogP contribution in [0.1, 0.15) is 5.56 Å². The fourth-order valence-electron chi connectivity index (χ4n) is 1.41. The van der Waals surface area contributed by atoms with Gasteiger partial charge < -0.3 is 14.8 Å². The number of phenols is 1. The lowest BCUT2D eigenvalue weighted by Gasteiger charge is -2.01. The first-order valence-electron chi connectivity index (χ1n) is 4.15. The molecule has 3 heteroatoms. The number of phenolic OH excluding ortho intramolecular Hbond substituents is 1. The molecule has 0 bridgehead atoms. The van der Waals surface area contributed by atoms with Crippen molar-refractivity contribution >= 4 is 11.0 Å². The minimum atomic E-state index is 0.275. The molecule has 0 aliphatic rings. The highest BCUT2D eigenvalue weighted by Crippen LogP contribution is 2.27. The van der Waals surface area contributed by atoms with Crippen molar-refractivity contribution in [1.82, 2.24) is 5.32 Å². The van der Waals surface area contributed by atoms with E-state index < -0.39 is 0 Å². The molecule has 2 N–H and O–H groups in total. The van der Waals surface area contributed by atoms with Crippen LogP contribution in [0.5, 0.6) is 5.75 Å². The number of fused-ring (bicyclic) bond motifs is 1. The Balaban J connectivity index is 2.56. The molecule has 0 saturated heterocycles. The van der Waals surface area contributed by atoms with Gasteiger partial charge in [0.25, 0.3) is 0 Å². The summed E-state index contributed by atoms with van der Waals surface area (Å²) in [5, 5.41) is 13.4. The topological polar surface area (TPSA) is 45.4 Å². The lowest BCUT2D eigenvalue weighted by Crippen LogP contribution is -2.04. The van der Waals surface area contributed by atoms with Crippen LogP contribution in [0.2, 0.25) is 0 Å². The van der Waals surface area contributed by atoms with Crippen LogP contribution in [0.3, 0.4) is 0 Å². The number of furan rings is 1. The molecule has 0 aliphatic carbocycles. The molecule has 0 atom stereocenters. The molecule has 0 radical (unpaired) electrons. The van der Waals surface area contributed by atoms with Crippen LogP contribution in [0.15, 0.2) is 28.9 Å². The highest BCUT2D eigenvalue weighted by molar-refractivity contribution is 5.84. The van der Waals surface area contributed by atoms with Crippen LogP contribution in [-0.2, 0) is 6.54 Å². The highest BCUT2D eigenvalue weighted by Gasteiger charge is 2.04. The molecule has 0 spiro atoms. The van der Waals surface area contributed by atoms with E-state index in [2.05, 4.69) is 5.32 Å². The minimum absolute atomic E-state index is 0.275. The normalized spacial score (nSPS) is 10.8. The Bertz CT molecular complexity index is 420. The largest absolute Gasteiger partial charge is 0.507 e. The van der Waals surface area contributed by atoms with Gasteiger partial charge in [-0.3, -0.25) is 0 Å². The molecular weight excluding hydrogens is 166 g/mol. The lowest BCUT2D eigenvalue weighted by atomic mass is 10.1. The summed E-state index contributed by atoms with van der Waals surface area (Å²) < 4.78 is 5.20. The van der Waals surface area contributed by atoms with Gasteiger partial charge in [-0.15, -0.1) is 0 Å². The number of rotatable bonds is 2. The Morgan fingerprint density at radius 3 is 3.08 bits per heavy atom. The zero-order valence-electron chi connectivity index (χ0n) is 7.37. The van der Waals surface area contributed by atoms with E-state index in [-0.39, 0.29) is 5.75 Å². The van der Waals surface area contributed by atoms with Gasteiger partial charge in [-0.05, 0) is 30.8 Å². The van der Waals surface area contributed by atoms with Gasteiger partial charge >= 0.3 is 0 Å². The Kier molecular flexibility index (Phi) is 1.94. The van der Waals surface area contributed by atoms with Gasteiger partial charge in [0.15, 0.2) is 0 Å². The standard InChI is InChI=1S/C10H11NO2/c1-11-6-7-4-9(12)8-2-3-13-10(8)5-7/h2-5,11-12H,6H2,1H3. The van der Waals surface area contributed by atoms with E-state index in [1.165, 1.54) is 0 Å². The highest BCUT2D eigenvalue weighted by atomic mass is 16.3. The van der Waals surface area contributed by atoms with Gasteiger partial charge in [-0.1, -0.05) is 0 Å². The van der Waals surface area contributed by atoms with Gasteiger partial charge in [-0.25, -0.2) is 0 Å². The smallest absolute Gasteiger partial charge is 0.137 e. The van der Waals surface area contributed by atoms with E-state index in [9.17, 15) is 5.11 Å². The number of benzene rings is 1. The van der Waals surface area contributed by atoms with Crippen molar-refractivity contribution in [1.29, 1.82) is 0 Å². The van der Waals surface area contributed by atoms with Crippen LogP contribution >= 0.6 is 0 Å². The molecule has 13 heavy (non-hydrogen) atoms. The van der Waals surface area contributed by atoms with E-state index in [0.29, 0.717) is 0 Å². The quantitative estimate of drug-likeness (QED) is 0.735. The first-order chi connectivity index (χ1) is 6.31. The monoisotopic (exact) mass is 177 g/mol. The number of hydrogen-bond acceptors (Lipinski definition) is 3. The minimum Gasteiger partial charge on any atom is -0.507 e.